The first kappa shape index (κ1) is 16.9. The van der Waals surface area contributed by atoms with Crippen LogP contribution in [-0.2, 0) is 4.79 Å². The van der Waals surface area contributed by atoms with Gasteiger partial charge in [-0.2, -0.15) is 0 Å². The van der Waals surface area contributed by atoms with E-state index < -0.39 is 5.41 Å². The Kier molecular flexibility index (Phi) is 3.58. The molecule has 4 rings (SSSR count). The molecule has 2 N–H and O–H groups in total. The average molecular weight is 351 g/mol. The first-order valence-electron chi connectivity index (χ1n) is 9.05. The Bertz CT molecular complexity index is 894. The highest BCUT2D eigenvalue weighted by Crippen LogP contribution is 2.62. The number of pyridine rings is 1. The first-order valence-corrected chi connectivity index (χ1v) is 9.05. The number of fused-ring (bicyclic) bond motifs is 1. The number of carbonyl (C=O) groups excluding carboxylic acids is 1. The molecule has 2 atom stereocenters. The standard InChI is InChI=1S/C20H25N5O/c1-12-5-6-14(13(2)23-12)15-7-8-22-18(24-15)25-9-16-19(3,4)10-20(16,11-25)17(21)26/h5-8,16H,9-11H2,1-4H3,(H2,21,26)/t16-,20+/m1/s1. The molecule has 1 saturated carbocycles. The minimum absolute atomic E-state index is 0.124. The highest BCUT2D eigenvalue weighted by Gasteiger charge is 2.66. The van der Waals surface area contributed by atoms with Gasteiger partial charge in [0.2, 0.25) is 11.9 Å². The number of aromatic nitrogens is 3. The molecular formula is C20H25N5O. The van der Waals surface area contributed by atoms with E-state index in [1.807, 2.05) is 32.0 Å². The molecule has 1 aliphatic heterocycles. The van der Waals surface area contributed by atoms with E-state index in [0.29, 0.717) is 12.5 Å². The van der Waals surface area contributed by atoms with Crippen LogP contribution in [0.3, 0.4) is 0 Å². The molecule has 0 aromatic carbocycles. The third-order valence-corrected chi connectivity index (χ3v) is 6.17. The number of anilines is 1. The Hall–Kier alpha value is -2.50. The fraction of sp³-hybridized carbons (Fsp3) is 0.500. The van der Waals surface area contributed by atoms with Crippen molar-refractivity contribution in [3.63, 3.8) is 0 Å². The van der Waals surface area contributed by atoms with Crippen molar-refractivity contribution in [3.05, 3.63) is 35.8 Å². The number of rotatable bonds is 3. The van der Waals surface area contributed by atoms with Gasteiger partial charge in [0.15, 0.2) is 0 Å². The molecule has 0 radical (unpaired) electrons. The monoisotopic (exact) mass is 351 g/mol. The van der Waals surface area contributed by atoms with Gasteiger partial charge >= 0.3 is 0 Å². The van der Waals surface area contributed by atoms with Crippen LogP contribution in [0.4, 0.5) is 5.95 Å². The van der Waals surface area contributed by atoms with Crippen molar-refractivity contribution in [1.29, 1.82) is 0 Å². The summed E-state index contributed by atoms with van der Waals surface area (Å²) >= 11 is 0. The predicted molar refractivity (Wildman–Crippen MR) is 100 cm³/mol. The molecule has 0 spiro atoms. The maximum absolute atomic E-state index is 12.2. The molecule has 1 amide bonds. The number of nitrogens with two attached hydrogens (primary N) is 1. The number of aryl methyl sites for hydroxylation is 2. The van der Waals surface area contributed by atoms with Crippen LogP contribution in [0.15, 0.2) is 24.4 Å². The zero-order valence-electron chi connectivity index (χ0n) is 15.8. The van der Waals surface area contributed by atoms with E-state index >= 15 is 0 Å². The summed E-state index contributed by atoms with van der Waals surface area (Å²) in [5, 5.41) is 0. The number of amides is 1. The molecule has 2 aliphatic rings. The third kappa shape index (κ3) is 2.39. The van der Waals surface area contributed by atoms with Crippen LogP contribution in [0.2, 0.25) is 0 Å². The van der Waals surface area contributed by atoms with Crippen LogP contribution >= 0.6 is 0 Å². The summed E-state index contributed by atoms with van der Waals surface area (Å²) in [6.45, 7) is 9.76. The molecule has 2 fully saturated rings. The van der Waals surface area contributed by atoms with E-state index in [1.165, 1.54) is 0 Å². The van der Waals surface area contributed by atoms with Gasteiger partial charge in [0, 0.05) is 36.2 Å². The molecule has 6 nitrogen and oxygen atoms in total. The van der Waals surface area contributed by atoms with Crippen molar-refractivity contribution in [2.24, 2.45) is 22.5 Å². The first-order chi connectivity index (χ1) is 12.2. The largest absolute Gasteiger partial charge is 0.369 e. The van der Waals surface area contributed by atoms with E-state index in [0.717, 1.165) is 35.6 Å². The molecule has 6 heteroatoms. The average Bonchev–Trinajstić information content (AvgIpc) is 2.91. The SMILES string of the molecule is Cc1ccc(-c2ccnc(N3C[C@@H]4C(C)(C)C[C@]4(C(N)=O)C3)n2)c(C)n1. The van der Waals surface area contributed by atoms with Gasteiger partial charge < -0.3 is 10.6 Å². The second kappa shape index (κ2) is 5.50. The molecule has 26 heavy (non-hydrogen) atoms. The lowest BCUT2D eigenvalue weighted by Gasteiger charge is -2.54. The predicted octanol–water partition coefficient (Wildman–Crippen LogP) is 2.49. The molecule has 0 bridgehead atoms. The summed E-state index contributed by atoms with van der Waals surface area (Å²) in [5.41, 5.74) is 9.26. The molecular weight excluding hydrogens is 326 g/mol. The lowest BCUT2D eigenvalue weighted by atomic mass is 9.48. The summed E-state index contributed by atoms with van der Waals surface area (Å²) in [6, 6.07) is 5.94. The second-order valence-electron chi connectivity index (χ2n) is 8.45. The molecule has 1 aliphatic carbocycles. The molecule has 136 valence electrons. The molecule has 2 aromatic heterocycles. The van der Waals surface area contributed by atoms with Gasteiger partial charge in [-0.05, 0) is 49.8 Å². The van der Waals surface area contributed by atoms with Gasteiger partial charge in [-0.15, -0.1) is 0 Å². The minimum atomic E-state index is -0.440. The van der Waals surface area contributed by atoms with Crippen LogP contribution in [0, 0.1) is 30.6 Å². The Balaban J connectivity index is 1.67. The van der Waals surface area contributed by atoms with Gasteiger partial charge in [-0.3, -0.25) is 9.78 Å². The van der Waals surface area contributed by atoms with Gasteiger partial charge in [0.1, 0.15) is 0 Å². The maximum Gasteiger partial charge on any atom is 0.225 e. The lowest BCUT2D eigenvalue weighted by Crippen LogP contribution is -2.59. The number of carbonyl (C=O) groups is 1. The van der Waals surface area contributed by atoms with E-state index in [-0.39, 0.29) is 17.2 Å². The van der Waals surface area contributed by atoms with Crippen LogP contribution < -0.4 is 10.6 Å². The van der Waals surface area contributed by atoms with Crippen molar-refractivity contribution < 1.29 is 4.79 Å². The van der Waals surface area contributed by atoms with Crippen molar-refractivity contribution in [2.45, 2.75) is 34.1 Å². The van der Waals surface area contributed by atoms with Crippen molar-refractivity contribution in [3.8, 4) is 11.3 Å². The topological polar surface area (TPSA) is 85.0 Å². The van der Waals surface area contributed by atoms with E-state index in [9.17, 15) is 4.79 Å². The fourth-order valence-electron chi connectivity index (χ4n) is 4.99. The van der Waals surface area contributed by atoms with Crippen LogP contribution in [0.25, 0.3) is 11.3 Å². The van der Waals surface area contributed by atoms with Crippen LogP contribution in [0.1, 0.15) is 31.7 Å². The van der Waals surface area contributed by atoms with E-state index in [4.69, 9.17) is 10.7 Å². The Morgan fingerprint density at radius 3 is 2.62 bits per heavy atom. The van der Waals surface area contributed by atoms with E-state index in [2.05, 4.69) is 28.7 Å². The van der Waals surface area contributed by atoms with Gasteiger partial charge in [0.25, 0.3) is 0 Å². The summed E-state index contributed by atoms with van der Waals surface area (Å²) in [5.74, 6) is 0.717. The highest BCUT2D eigenvalue weighted by molar-refractivity contribution is 5.84. The molecule has 0 unspecified atom stereocenters. The highest BCUT2D eigenvalue weighted by atomic mass is 16.1. The van der Waals surface area contributed by atoms with Gasteiger partial charge in [-0.1, -0.05) is 13.8 Å². The van der Waals surface area contributed by atoms with Crippen LogP contribution in [0.5, 0.6) is 0 Å². The maximum atomic E-state index is 12.2. The summed E-state index contributed by atoms with van der Waals surface area (Å²) < 4.78 is 0. The second-order valence-corrected chi connectivity index (χ2v) is 8.45. The van der Waals surface area contributed by atoms with E-state index in [1.54, 1.807) is 6.20 Å². The zero-order chi connectivity index (χ0) is 18.7. The number of primary amides is 1. The summed E-state index contributed by atoms with van der Waals surface area (Å²) in [6.07, 6.45) is 2.61. The number of hydrogen-bond acceptors (Lipinski definition) is 5. The quantitative estimate of drug-likeness (QED) is 0.918. The summed E-state index contributed by atoms with van der Waals surface area (Å²) in [7, 11) is 0. The molecule has 1 saturated heterocycles. The van der Waals surface area contributed by atoms with Crippen molar-refractivity contribution >= 4 is 11.9 Å². The van der Waals surface area contributed by atoms with Crippen molar-refractivity contribution in [2.75, 3.05) is 18.0 Å². The van der Waals surface area contributed by atoms with Gasteiger partial charge in [0.05, 0.1) is 11.1 Å². The summed E-state index contributed by atoms with van der Waals surface area (Å²) in [4.78, 5) is 28.1. The van der Waals surface area contributed by atoms with Crippen LogP contribution in [-0.4, -0.2) is 33.9 Å². The third-order valence-electron chi connectivity index (χ3n) is 6.17. The Morgan fingerprint density at radius 1 is 1.23 bits per heavy atom. The Morgan fingerprint density at radius 2 is 2.00 bits per heavy atom. The van der Waals surface area contributed by atoms with Crippen molar-refractivity contribution in [1.82, 2.24) is 15.0 Å². The number of nitrogens with zero attached hydrogens (tertiary/aromatic N) is 4. The molecule has 2 aromatic rings. The zero-order valence-corrected chi connectivity index (χ0v) is 15.8. The molecule has 3 heterocycles. The Labute approximate surface area is 153 Å². The smallest absolute Gasteiger partial charge is 0.225 e. The fourth-order valence-corrected chi connectivity index (χ4v) is 4.99. The normalized spacial score (nSPS) is 26.3. The lowest BCUT2D eigenvalue weighted by molar-refractivity contribution is -0.148. The minimum Gasteiger partial charge on any atom is -0.369 e. The number of hydrogen-bond donors (Lipinski definition) is 1. The van der Waals surface area contributed by atoms with Gasteiger partial charge in [-0.25, -0.2) is 9.97 Å².